The second kappa shape index (κ2) is 8.77. The zero-order chi connectivity index (χ0) is 20.1. The molecule has 0 spiro atoms. The Morgan fingerprint density at radius 1 is 1.11 bits per heavy atom. The molecule has 2 rings (SSSR count). The summed E-state index contributed by atoms with van der Waals surface area (Å²) < 4.78 is 10.5. The summed E-state index contributed by atoms with van der Waals surface area (Å²) in [5.41, 5.74) is 9.91. The highest BCUT2D eigenvalue weighted by molar-refractivity contribution is 6.32. The minimum Gasteiger partial charge on any atom is -0.493 e. The lowest BCUT2D eigenvalue weighted by atomic mass is 10.00. The summed E-state index contributed by atoms with van der Waals surface area (Å²) in [7, 11) is 1.42. The van der Waals surface area contributed by atoms with Gasteiger partial charge in [0.15, 0.2) is 18.1 Å². The topological polar surface area (TPSA) is 90.7 Å². The van der Waals surface area contributed by atoms with Crippen LogP contribution in [0, 0.1) is 20.8 Å². The molecule has 2 amide bonds. The number of carbonyl (C=O) groups is 2. The van der Waals surface area contributed by atoms with Crippen LogP contribution in [0.2, 0.25) is 5.02 Å². The molecule has 0 aromatic heterocycles. The molecule has 0 radical (unpaired) electrons. The average Bonchev–Trinajstić information content (AvgIpc) is 2.58. The van der Waals surface area contributed by atoms with Crippen molar-refractivity contribution in [1.82, 2.24) is 5.32 Å². The average molecular weight is 391 g/mol. The molecule has 0 fully saturated rings. The molecule has 0 aliphatic rings. The predicted octanol–water partition coefficient (Wildman–Crippen LogP) is 3.07. The number of halogens is 1. The normalized spacial score (nSPS) is 10.4. The minimum absolute atomic E-state index is 0.156. The van der Waals surface area contributed by atoms with Crippen LogP contribution in [-0.4, -0.2) is 25.5 Å². The number of nitrogens with two attached hydrogens (primary N) is 1. The lowest BCUT2D eigenvalue weighted by Gasteiger charge is -2.15. The Labute approximate surface area is 163 Å². The van der Waals surface area contributed by atoms with Crippen molar-refractivity contribution in [2.24, 2.45) is 5.73 Å². The van der Waals surface area contributed by atoms with Gasteiger partial charge in [-0.25, -0.2) is 0 Å². The van der Waals surface area contributed by atoms with Crippen molar-refractivity contribution in [3.8, 4) is 11.5 Å². The molecular formula is C20H23ClN2O4. The monoisotopic (exact) mass is 390 g/mol. The van der Waals surface area contributed by atoms with Gasteiger partial charge in [0.25, 0.3) is 11.8 Å². The minimum atomic E-state index is -0.640. The summed E-state index contributed by atoms with van der Waals surface area (Å²) in [6.07, 6.45) is 0. The van der Waals surface area contributed by atoms with E-state index in [1.165, 1.54) is 24.8 Å². The van der Waals surface area contributed by atoms with Crippen LogP contribution in [0.5, 0.6) is 11.5 Å². The van der Waals surface area contributed by atoms with Crippen LogP contribution >= 0.6 is 11.6 Å². The van der Waals surface area contributed by atoms with E-state index in [9.17, 15) is 9.59 Å². The number of hydrogen-bond donors (Lipinski definition) is 2. The largest absolute Gasteiger partial charge is 0.493 e. The molecule has 0 atom stereocenters. The molecule has 2 aromatic rings. The fourth-order valence-electron chi connectivity index (χ4n) is 2.89. The van der Waals surface area contributed by atoms with Gasteiger partial charge in [-0.1, -0.05) is 29.3 Å². The lowest BCUT2D eigenvalue weighted by Crippen LogP contribution is -2.24. The molecule has 2 aromatic carbocycles. The third-order valence-corrected chi connectivity index (χ3v) is 4.40. The zero-order valence-electron chi connectivity index (χ0n) is 15.8. The first-order valence-corrected chi connectivity index (χ1v) is 8.74. The number of ether oxygens (including phenoxy) is 2. The number of rotatable bonds is 7. The van der Waals surface area contributed by atoms with E-state index < -0.39 is 5.91 Å². The Balaban J connectivity index is 2.19. The highest BCUT2D eigenvalue weighted by Gasteiger charge is 2.17. The van der Waals surface area contributed by atoms with Gasteiger partial charge in [0.1, 0.15) is 0 Å². The summed E-state index contributed by atoms with van der Waals surface area (Å²) in [4.78, 5) is 23.5. The molecule has 0 aliphatic heterocycles. The number of methoxy groups -OCH3 is 1. The van der Waals surface area contributed by atoms with E-state index in [-0.39, 0.29) is 29.0 Å². The molecule has 3 N–H and O–H groups in total. The summed E-state index contributed by atoms with van der Waals surface area (Å²) in [6, 6.07) is 7.13. The Hall–Kier alpha value is -2.73. The maximum Gasteiger partial charge on any atom is 0.255 e. The van der Waals surface area contributed by atoms with Gasteiger partial charge in [-0.3, -0.25) is 9.59 Å². The van der Waals surface area contributed by atoms with Crippen LogP contribution in [-0.2, 0) is 11.3 Å². The number of nitrogens with one attached hydrogen (secondary N) is 1. The SMILES string of the molecule is COc1cc(C(=O)NCc2c(C)cc(C)cc2C)cc(Cl)c1OCC(N)=O. The van der Waals surface area contributed by atoms with E-state index in [0.717, 1.165) is 16.7 Å². The fourth-order valence-corrected chi connectivity index (χ4v) is 3.16. The predicted molar refractivity (Wildman–Crippen MR) is 105 cm³/mol. The lowest BCUT2D eigenvalue weighted by molar-refractivity contribution is -0.119. The van der Waals surface area contributed by atoms with Crippen LogP contribution in [0.4, 0.5) is 0 Å². The summed E-state index contributed by atoms with van der Waals surface area (Å²) in [5, 5.41) is 3.05. The Morgan fingerprint density at radius 2 is 1.74 bits per heavy atom. The first-order valence-electron chi connectivity index (χ1n) is 8.36. The van der Waals surface area contributed by atoms with E-state index in [1.807, 2.05) is 20.8 Å². The second-order valence-electron chi connectivity index (χ2n) is 6.30. The highest BCUT2D eigenvalue weighted by atomic mass is 35.5. The molecule has 6 nitrogen and oxygen atoms in total. The molecule has 0 saturated heterocycles. The van der Waals surface area contributed by atoms with Crippen molar-refractivity contribution in [3.63, 3.8) is 0 Å². The Morgan fingerprint density at radius 3 is 2.30 bits per heavy atom. The van der Waals surface area contributed by atoms with E-state index in [4.69, 9.17) is 26.8 Å². The van der Waals surface area contributed by atoms with Gasteiger partial charge in [0, 0.05) is 12.1 Å². The molecule has 0 saturated carbocycles. The molecule has 0 bridgehead atoms. The molecular weight excluding hydrogens is 368 g/mol. The maximum atomic E-state index is 12.6. The van der Waals surface area contributed by atoms with Gasteiger partial charge in [-0.05, 0) is 49.6 Å². The maximum absolute atomic E-state index is 12.6. The van der Waals surface area contributed by atoms with Crippen LogP contribution < -0.4 is 20.5 Å². The van der Waals surface area contributed by atoms with E-state index in [0.29, 0.717) is 12.1 Å². The Kier molecular flexibility index (Phi) is 6.69. The number of aryl methyl sites for hydroxylation is 3. The molecule has 0 unspecified atom stereocenters. The van der Waals surface area contributed by atoms with Gasteiger partial charge in [-0.2, -0.15) is 0 Å². The van der Waals surface area contributed by atoms with Crippen LogP contribution in [0.3, 0.4) is 0 Å². The molecule has 144 valence electrons. The number of amides is 2. The van der Waals surface area contributed by atoms with Crippen molar-refractivity contribution in [3.05, 3.63) is 57.1 Å². The first kappa shape index (κ1) is 20.6. The van der Waals surface area contributed by atoms with Gasteiger partial charge in [0.2, 0.25) is 0 Å². The number of carbonyl (C=O) groups excluding carboxylic acids is 2. The molecule has 27 heavy (non-hydrogen) atoms. The van der Waals surface area contributed by atoms with Crippen molar-refractivity contribution < 1.29 is 19.1 Å². The van der Waals surface area contributed by atoms with E-state index >= 15 is 0 Å². The quantitative estimate of drug-likeness (QED) is 0.760. The number of benzene rings is 2. The molecule has 7 heteroatoms. The van der Waals surface area contributed by atoms with Crippen molar-refractivity contribution in [2.45, 2.75) is 27.3 Å². The molecule has 0 aliphatic carbocycles. The van der Waals surface area contributed by atoms with Crippen LogP contribution in [0.15, 0.2) is 24.3 Å². The van der Waals surface area contributed by atoms with Gasteiger partial charge >= 0.3 is 0 Å². The zero-order valence-corrected chi connectivity index (χ0v) is 16.6. The number of hydrogen-bond acceptors (Lipinski definition) is 4. The fraction of sp³-hybridized carbons (Fsp3) is 0.300. The summed E-state index contributed by atoms with van der Waals surface area (Å²) >= 11 is 6.19. The third-order valence-electron chi connectivity index (χ3n) is 4.12. The Bertz CT molecular complexity index is 858. The molecule has 0 heterocycles. The van der Waals surface area contributed by atoms with Gasteiger partial charge in [-0.15, -0.1) is 0 Å². The van der Waals surface area contributed by atoms with E-state index in [1.54, 1.807) is 0 Å². The third kappa shape index (κ3) is 5.14. The smallest absolute Gasteiger partial charge is 0.255 e. The standard InChI is InChI=1S/C20H23ClN2O4/c1-11-5-12(2)15(13(3)6-11)9-23-20(25)14-7-16(21)19(17(8-14)26-4)27-10-18(22)24/h5-8H,9-10H2,1-4H3,(H2,22,24)(H,23,25). The van der Waals surface area contributed by atoms with Crippen molar-refractivity contribution >= 4 is 23.4 Å². The second-order valence-corrected chi connectivity index (χ2v) is 6.71. The van der Waals surface area contributed by atoms with E-state index in [2.05, 4.69) is 17.4 Å². The summed E-state index contributed by atoms with van der Waals surface area (Å²) in [5.74, 6) is -0.522. The van der Waals surface area contributed by atoms with Crippen molar-refractivity contribution in [1.29, 1.82) is 0 Å². The van der Waals surface area contributed by atoms with Gasteiger partial charge < -0.3 is 20.5 Å². The number of primary amides is 1. The van der Waals surface area contributed by atoms with Crippen molar-refractivity contribution in [2.75, 3.05) is 13.7 Å². The first-order chi connectivity index (χ1) is 12.7. The summed E-state index contributed by atoms with van der Waals surface area (Å²) in [6.45, 7) is 6.14. The van der Waals surface area contributed by atoms with Crippen LogP contribution in [0.25, 0.3) is 0 Å². The van der Waals surface area contributed by atoms with Gasteiger partial charge in [0.05, 0.1) is 12.1 Å². The highest BCUT2D eigenvalue weighted by Crippen LogP contribution is 2.36. The van der Waals surface area contributed by atoms with Crippen LogP contribution in [0.1, 0.15) is 32.6 Å².